The molecule has 6 heteroatoms. The van der Waals surface area contributed by atoms with Gasteiger partial charge in [0.15, 0.2) is 0 Å². The fraction of sp³-hybridized carbons (Fsp3) is 0.474. The van der Waals surface area contributed by atoms with E-state index < -0.39 is 0 Å². The van der Waals surface area contributed by atoms with Crippen LogP contribution in [-0.2, 0) is 13.1 Å². The highest BCUT2D eigenvalue weighted by atomic mass is 16.2. The lowest BCUT2D eigenvalue weighted by Crippen LogP contribution is -2.30. The lowest BCUT2D eigenvalue weighted by Gasteiger charge is -2.26. The Kier molecular flexibility index (Phi) is 6.45. The van der Waals surface area contributed by atoms with E-state index in [1.807, 2.05) is 22.9 Å². The van der Waals surface area contributed by atoms with Gasteiger partial charge >= 0.3 is 6.03 Å². The summed E-state index contributed by atoms with van der Waals surface area (Å²) in [5.41, 5.74) is 2.10. The van der Waals surface area contributed by atoms with E-state index in [0.29, 0.717) is 6.54 Å². The van der Waals surface area contributed by atoms with Crippen molar-refractivity contribution in [1.29, 1.82) is 0 Å². The molecule has 1 aromatic heterocycles. The number of hydrogen-bond acceptors (Lipinski definition) is 3. The van der Waals surface area contributed by atoms with Gasteiger partial charge in [-0.2, -0.15) is 0 Å². The number of carbonyl (C=O) groups is 1. The number of nitrogens with zero attached hydrogens (tertiary/aromatic N) is 3. The minimum Gasteiger partial charge on any atom is -0.338 e. The summed E-state index contributed by atoms with van der Waals surface area (Å²) in [6.45, 7) is 4.80. The monoisotopic (exact) mass is 341 g/mol. The van der Waals surface area contributed by atoms with E-state index in [2.05, 4.69) is 32.7 Å². The largest absolute Gasteiger partial charge is 0.338 e. The maximum atomic E-state index is 12.0. The summed E-state index contributed by atoms with van der Waals surface area (Å²) in [5, 5.41) is 5.83. The van der Waals surface area contributed by atoms with Crippen molar-refractivity contribution in [1.82, 2.24) is 19.8 Å². The highest BCUT2D eigenvalue weighted by Gasteiger charge is 2.10. The van der Waals surface area contributed by atoms with Crippen LogP contribution in [0.15, 0.2) is 43.0 Å². The summed E-state index contributed by atoms with van der Waals surface area (Å²) in [6.07, 6.45) is 10.3. The van der Waals surface area contributed by atoms with Crippen LogP contribution in [0.25, 0.3) is 0 Å². The van der Waals surface area contributed by atoms with Crippen molar-refractivity contribution in [2.75, 3.05) is 25.0 Å². The quantitative estimate of drug-likeness (QED) is 0.761. The molecule has 0 spiro atoms. The average molecular weight is 341 g/mol. The summed E-state index contributed by atoms with van der Waals surface area (Å²) in [4.78, 5) is 18.5. The first-order valence-corrected chi connectivity index (χ1v) is 9.11. The first-order valence-electron chi connectivity index (χ1n) is 9.11. The van der Waals surface area contributed by atoms with Crippen LogP contribution in [-0.4, -0.2) is 40.1 Å². The van der Waals surface area contributed by atoms with Crippen LogP contribution < -0.4 is 10.6 Å². The van der Waals surface area contributed by atoms with Gasteiger partial charge < -0.3 is 15.2 Å². The molecule has 1 saturated heterocycles. The van der Waals surface area contributed by atoms with Crippen LogP contribution in [0, 0.1) is 0 Å². The second-order valence-corrected chi connectivity index (χ2v) is 6.57. The molecule has 1 aliphatic rings. The molecule has 2 aromatic rings. The van der Waals surface area contributed by atoms with Crippen LogP contribution in [0.4, 0.5) is 10.5 Å². The second kappa shape index (κ2) is 9.22. The van der Waals surface area contributed by atoms with E-state index >= 15 is 0 Å². The number of rotatable bonds is 7. The van der Waals surface area contributed by atoms with Crippen molar-refractivity contribution in [2.45, 2.75) is 38.8 Å². The van der Waals surface area contributed by atoms with Gasteiger partial charge in [0.05, 0.1) is 6.33 Å². The fourth-order valence-corrected chi connectivity index (χ4v) is 3.18. The van der Waals surface area contributed by atoms with Gasteiger partial charge in [-0.05, 0) is 50.0 Å². The van der Waals surface area contributed by atoms with Gasteiger partial charge in [-0.3, -0.25) is 4.90 Å². The predicted molar refractivity (Wildman–Crippen MR) is 99.4 cm³/mol. The zero-order valence-corrected chi connectivity index (χ0v) is 14.7. The summed E-state index contributed by atoms with van der Waals surface area (Å²) >= 11 is 0. The second-order valence-electron chi connectivity index (χ2n) is 6.57. The smallest absolute Gasteiger partial charge is 0.319 e. The number of aromatic nitrogens is 2. The molecule has 25 heavy (non-hydrogen) atoms. The van der Waals surface area contributed by atoms with E-state index in [9.17, 15) is 4.79 Å². The van der Waals surface area contributed by atoms with E-state index in [1.54, 1.807) is 12.5 Å². The number of hydrogen-bond donors (Lipinski definition) is 2. The molecule has 0 radical (unpaired) electrons. The topological polar surface area (TPSA) is 62.2 Å². The Hall–Kier alpha value is -2.34. The molecule has 1 fully saturated rings. The molecule has 0 saturated carbocycles. The number of nitrogens with one attached hydrogen (secondary N) is 2. The van der Waals surface area contributed by atoms with Crippen molar-refractivity contribution >= 4 is 11.7 Å². The highest BCUT2D eigenvalue weighted by molar-refractivity contribution is 5.89. The molecule has 1 aromatic carbocycles. The molecule has 2 N–H and O–H groups in total. The Morgan fingerprint density at radius 2 is 2.08 bits per heavy atom. The van der Waals surface area contributed by atoms with Gasteiger partial charge in [0.25, 0.3) is 0 Å². The predicted octanol–water partition coefficient (Wildman–Crippen LogP) is 3.08. The third-order valence-corrected chi connectivity index (χ3v) is 4.48. The number of aryl methyl sites for hydroxylation is 1. The molecule has 2 amide bonds. The molecular weight excluding hydrogens is 314 g/mol. The molecule has 0 atom stereocenters. The Balaban J connectivity index is 1.40. The zero-order chi connectivity index (χ0) is 17.3. The van der Waals surface area contributed by atoms with Crippen molar-refractivity contribution in [3.05, 3.63) is 48.5 Å². The number of piperidine rings is 1. The van der Waals surface area contributed by atoms with Crippen LogP contribution in [0.5, 0.6) is 0 Å². The summed E-state index contributed by atoms with van der Waals surface area (Å²) in [7, 11) is 0. The first-order chi connectivity index (χ1) is 12.3. The van der Waals surface area contributed by atoms with Gasteiger partial charge in [0.1, 0.15) is 0 Å². The zero-order valence-electron chi connectivity index (χ0n) is 14.7. The Bertz CT molecular complexity index is 650. The average Bonchev–Trinajstić information content (AvgIpc) is 3.13. The molecule has 2 heterocycles. The van der Waals surface area contributed by atoms with E-state index in [0.717, 1.165) is 25.2 Å². The van der Waals surface area contributed by atoms with Crippen molar-refractivity contribution in [3.8, 4) is 0 Å². The number of imidazole rings is 1. The number of amides is 2. The number of carbonyl (C=O) groups excluding carboxylic acids is 1. The number of likely N-dealkylation sites (tertiary alicyclic amines) is 1. The maximum Gasteiger partial charge on any atom is 0.319 e. The standard InChI is InChI=1S/C19H27N5O/c25-19(21-8-5-12-24-13-9-20-16-24)22-18-7-4-6-17(14-18)15-23-10-2-1-3-11-23/h4,6-7,9,13-14,16H,1-3,5,8,10-12,15H2,(H2,21,22,25). The third kappa shape index (κ3) is 5.90. The molecular formula is C19H27N5O. The van der Waals surface area contributed by atoms with Gasteiger partial charge in [-0.25, -0.2) is 9.78 Å². The lowest BCUT2D eigenvalue weighted by molar-refractivity contribution is 0.221. The van der Waals surface area contributed by atoms with Gasteiger partial charge in [0, 0.05) is 37.7 Å². The fourth-order valence-electron chi connectivity index (χ4n) is 3.18. The van der Waals surface area contributed by atoms with Crippen LogP contribution in [0.3, 0.4) is 0 Å². The van der Waals surface area contributed by atoms with Crippen LogP contribution in [0.2, 0.25) is 0 Å². The molecule has 0 aliphatic carbocycles. The summed E-state index contributed by atoms with van der Waals surface area (Å²) in [6, 6.07) is 7.99. The number of anilines is 1. The van der Waals surface area contributed by atoms with E-state index in [4.69, 9.17) is 0 Å². The Morgan fingerprint density at radius 3 is 2.88 bits per heavy atom. The molecule has 0 unspecified atom stereocenters. The van der Waals surface area contributed by atoms with E-state index in [-0.39, 0.29) is 6.03 Å². The minimum absolute atomic E-state index is 0.152. The molecule has 3 rings (SSSR count). The molecule has 6 nitrogen and oxygen atoms in total. The normalized spacial score (nSPS) is 15.0. The van der Waals surface area contributed by atoms with Gasteiger partial charge in [0.2, 0.25) is 0 Å². The molecule has 1 aliphatic heterocycles. The summed E-state index contributed by atoms with van der Waals surface area (Å²) < 4.78 is 2.00. The van der Waals surface area contributed by atoms with Crippen molar-refractivity contribution in [3.63, 3.8) is 0 Å². The third-order valence-electron chi connectivity index (χ3n) is 4.48. The molecule has 134 valence electrons. The first kappa shape index (κ1) is 17.5. The number of urea groups is 1. The van der Waals surface area contributed by atoms with Gasteiger partial charge in [-0.1, -0.05) is 18.6 Å². The van der Waals surface area contributed by atoms with Gasteiger partial charge in [-0.15, -0.1) is 0 Å². The highest BCUT2D eigenvalue weighted by Crippen LogP contribution is 2.16. The van der Waals surface area contributed by atoms with Crippen molar-refractivity contribution < 1.29 is 4.79 Å². The lowest BCUT2D eigenvalue weighted by atomic mass is 10.1. The van der Waals surface area contributed by atoms with E-state index in [1.165, 1.54) is 37.9 Å². The maximum absolute atomic E-state index is 12.0. The Labute approximate surface area is 149 Å². The minimum atomic E-state index is -0.152. The van der Waals surface area contributed by atoms with Crippen LogP contribution in [0.1, 0.15) is 31.2 Å². The SMILES string of the molecule is O=C(NCCCn1ccnc1)Nc1cccc(CN2CCCCC2)c1. The van der Waals surface area contributed by atoms with Crippen molar-refractivity contribution in [2.24, 2.45) is 0 Å². The molecule has 0 bridgehead atoms. The Morgan fingerprint density at radius 1 is 1.20 bits per heavy atom. The number of benzene rings is 1. The summed E-state index contributed by atoms with van der Waals surface area (Å²) in [5.74, 6) is 0. The van der Waals surface area contributed by atoms with Crippen LogP contribution >= 0.6 is 0 Å².